The lowest BCUT2D eigenvalue weighted by Gasteiger charge is -2.11. The van der Waals surface area contributed by atoms with E-state index >= 15 is 0 Å². The number of methoxy groups -OCH3 is 1. The Labute approximate surface area is 120 Å². The monoisotopic (exact) mass is 300 g/mol. The fourth-order valence-corrected chi connectivity index (χ4v) is 1.99. The van der Waals surface area contributed by atoms with E-state index in [1.165, 1.54) is 13.2 Å². The Hall–Kier alpha value is -1.65. The number of hydrogen-bond acceptors (Lipinski definition) is 3. The van der Waals surface area contributed by atoms with Crippen LogP contribution in [-0.4, -0.2) is 7.11 Å². The van der Waals surface area contributed by atoms with Crippen molar-refractivity contribution in [3.05, 3.63) is 46.2 Å². The molecule has 0 heterocycles. The van der Waals surface area contributed by atoms with Crippen LogP contribution in [0, 0.1) is 5.82 Å². The van der Waals surface area contributed by atoms with Crippen LogP contribution in [-0.2, 0) is 0 Å². The predicted molar refractivity (Wildman–Crippen MR) is 77.1 cm³/mol. The molecule has 0 spiro atoms. The van der Waals surface area contributed by atoms with Crippen molar-refractivity contribution in [3.8, 4) is 5.75 Å². The summed E-state index contributed by atoms with van der Waals surface area (Å²) in [6.07, 6.45) is 0. The number of hydrogen-bond donors (Lipinski definition) is 2. The average molecular weight is 301 g/mol. The molecular formula is C13H11Cl2FN2O. The molecule has 0 amide bonds. The van der Waals surface area contributed by atoms with Crippen LogP contribution in [0.2, 0.25) is 10.0 Å². The van der Waals surface area contributed by atoms with E-state index in [9.17, 15) is 4.39 Å². The van der Waals surface area contributed by atoms with Crippen LogP contribution in [0.1, 0.15) is 0 Å². The van der Waals surface area contributed by atoms with Crippen LogP contribution in [0.25, 0.3) is 0 Å². The second kappa shape index (κ2) is 5.55. The van der Waals surface area contributed by atoms with Crippen LogP contribution >= 0.6 is 23.2 Å². The van der Waals surface area contributed by atoms with Crippen LogP contribution in [0.15, 0.2) is 30.3 Å². The lowest BCUT2D eigenvalue weighted by Crippen LogP contribution is -1.98. The molecule has 0 saturated heterocycles. The van der Waals surface area contributed by atoms with Gasteiger partial charge in [-0.1, -0.05) is 23.2 Å². The van der Waals surface area contributed by atoms with Crippen molar-refractivity contribution in [1.82, 2.24) is 0 Å². The summed E-state index contributed by atoms with van der Waals surface area (Å²) in [5.74, 6) is 0.00908. The molecule has 0 fully saturated rings. The van der Waals surface area contributed by atoms with Gasteiger partial charge >= 0.3 is 0 Å². The third kappa shape index (κ3) is 3.03. The van der Waals surface area contributed by atoms with E-state index < -0.39 is 5.82 Å². The van der Waals surface area contributed by atoms with Crippen molar-refractivity contribution in [2.45, 2.75) is 0 Å². The SMILES string of the molecule is COc1ccc(Nc2cc(Cl)c(F)cc2N)cc1Cl. The highest BCUT2D eigenvalue weighted by Crippen LogP contribution is 2.32. The summed E-state index contributed by atoms with van der Waals surface area (Å²) in [5.41, 5.74) is 7.17. The van der Waals surface area contributed by atoms with Gasteiger partial charge in [0.15, 0.2) is 0 Å². The summed E-state index contributed by atoms with van der Waals surface area (Å²) in [6.45, 7) is 0. The highest BCUT2D eigenvalue weighted by Gasteiger charge is 2.08. The fourth-order valence-electron chi connectivity index (χ4n) is 1.57. The standard InChI is InChI=1S/C13H11Cl2FN2O/c1-19-13-3-2-7(4-9(13)15)18-12-5-8(14)10(16)6-11(12)17/h2-6,18H,17H2,1H3. The molecule has 100 valence electrons. The molecule has 0 aromatic heterocycles. The lowest BCUT2D eigenvalue weighted by molar-refractivity contribution is 0.415. The largest absolute Gasteiger partial charge is 0.495 e. The third-order valence-electron chi connectivity index (χ3n) is 2.52. The maximum atomic E-state index is 13.2. The topological polar surface area (TPSA) is 47.3 Å². The number of anilines is 3. The van der Waals surface area contributed by atoms with E-state index in [1.54, 1.807) is 18.2 Å². The first-order valence-electron chi connectivity index (χ1n) is 5.36. The molecule has 2 aromatic carbocycles. The van der Waals surface area contributed by atoms with Crippen molar-refractivity contribution < 1.29 is 9.13 Å². The minimum Gasteiger partial charge on any atom is -0.495 e. The summed E-state index contributed by atoms with van der Waals surface area (Å²) in [4.78, 5) is 0. The first-order chi connectivity index (χ1) is 9.01. The van der Waals surface area contributed by atoms with Gasteiger partial charge in [0.25, 0.3) is 0 Å². The van der Waals surface area contributed by atoms with Gasteiger partial charge in [0.1, 0.15) is 11.6 Å². The highest BCUT2D eigenvalue weighted by molar-refractivity contribution is 6.32. The predicted octanol–water partition coefficient (Wildman–Crippen LogP) is 4.47. The number of rotatable bonds is 3. The minimum absolute atomic E-state index is 0.00342. The molecule has 6 heteroatoms. The molecule has 0 aliphatic heterocycles. The molecule has 2 rings (SSSR count). The number of nitrogen functional groups attached to an aromatic ring is 1. The van der Waals surface area contributed by atoms with Gasteiger partial charge in [0.2, 0.25) is 0 Å². The molecule has 3 N–H and O–H groups in total. The van der Waals surface area contributed by atoms with Crippen molar-refractivity contribution >= 4 is 40.3 Å². The summed E-state index contributed by atoms with van der Waals surface area (Å²) in [6, 6.07) is 7.74. The van der Waals surface area contributed by atoms with E-state index in [-0.39, 0.29) is 10.7 Å². The van der Waals surface area contributed by atoms with Gasteiger partial charge < -0.3 is 15.8 Å². The molecule has 19 heavy (non-hydrogen) atoms. The van der Waals surface area contributed by atoms with Gasteiger partial charge in [-0.15, -0.1) is 0 Å². The summed E-state index contributed by atoms with van der Waals surface area (Å²) in [5, 5.41) is 3.47. The molecule has 0 atom stereocenters. The zero-order valence-corrected chi connectivity index (χ0v) is 11.5. The summed E-state index contributed by atoms with van der Waals surface area (Å²) in [7, 11) is 1.53. The van der Waals surface area contributed by atoms with Crippen LogP contribution in [0.3, 0.4) is 0 Å². The molecule has 0 bridgehead atoms. The maximum absolute atomic E-state index is 13.2. The number of halogens is 3. The molecule has 3 nitrogen and oxygen atoms in total. The molecule has 2 aromatic rings. The van der Waals surface area contributed by atoms with Crippen LogP contribution in [0.5, 0.6) is 5.75 Å². The zero-order valence-electron chi connectivity index (χ0n) is 10.0. The number of benzene rings is 2. The van der Waals surface area contributed by atoms with Gasteiger partial charge in [-0.2, -0.15) is 0 Å². The van der Waals surface area contributed by atoms with Crippen LogP contribution < -0.4 is 15.8 Å². The van der Waals surface area contributed by atoms with E-state index in [4.69, 9.17) is 33.7 Å². The lowest BCUT2D eigenvalue weighted by atomic mass is 10.2. The smallest absolute Gasteiger partial charge is 0.143 e. The van der Waals surface area contributed by atoms with E-state index in [1.807, 2.05) is 0 Å². The average Bonchev–Trinajstić information content (AvgIpc) is 2.36. The van der Waals surface area contributed by atoms with Crippen molar-refractivity contribution in [3.63, 3.8) is 0 Å². The zero-order chi connectivity index (χ0) is 14.0. The Morgan fingerprint density at radius 3 is 2.53 bits per heavy atom. The van der Waals surface area contributed by atoms with Gasteiger partial charge in [-0.05, 0) is 24.3 Å². The Kier molecular flexibility index (Phi) is 4.02. The first kappa shape index (κ1) is 13.8. The fraction of sp³-hybridized carbons (Fsp3) is 0.0769. The second-order valence-electron chi connectivity index (χ2n) is 3.83. The van der Waals surface area contributed by atoms with Gasteiger partial charge in [0.05, 0.1) is 28.5 Å². The van der Waals surface area contributed by atoms with Gasteiger partial charge in [-0.3, -0.25) is 0 Å². The normalized spacial score (nSPS) is 10.3. The van der Waals surface area contributed by atoms with E-state index in [0.29, 0.717) is 22.1 Å². The minimum atomic E-state index is -0.558. The summed E-state index contributed by atoms with van der Waals surface area (Å²) < 4.78 is 18.2. The number of nitrogens with one attached hydrogen (secondary N) is 1. The highest BCUT2D eigenvalue weighted by atomic mass is 35.5. The quantitative estimate of drug-likeness (QED) is 0.822. The Bertz CT molecular complexity index is 620. The molecular weight excluding hydrogens is 290 g/mol. The van der Waals surface area contributed by atoms with Crippen molar-refractivity contribution in [2.24, 2.45) is 0 Å². The van der Waals surface area contributed by atoms with E-state index in [2.05, 4.69) is 5.32 Å². The maximum Gasteiger partial charge on any atom is 0.143 e. The molecule has 0 unspecified atom stereocenters. The Morgan fingerprint density at radius 1 is 1.16 bits per heavy atom. The molecule has 0 saturated carbocycles. The Balaban J connectivity index is 2.31. The van der Waals surface area contributed by atoms with Crippen LogP contribution in [0.4, 0.5) is 21.5 Å². The van der Waals surface area contributed by atoms with Gasteiger partial charge in [-0.25, -0.2) is 4.39 Å². The number of nitrogens with two attached hydrogens (primary N) is 1. The van der Waals surface area contributed by atoms with Crippen molar-refractivity contribution in [1.29, 1.82) is 0 Å². The third-order valence-corrected chi connectivity index (χ3v) is 3.11. The van der Waals surface area contributed by atoms with Crippen molar-refractivity contribution in [2.75, 3.05) is 18.2 Å². The molecule has 0 aliphatic carbocycles. The summed E-state index contributed by atoms with van der Waals surface area (Å²) >= 11 is 11.7. The van der Waals surface area contributed by atoms with E-state index in [0.717, 1.165) is 6.07 Å². The molecule has 0 aliphatic rings. The first-order valence-corrected chi connectivity index (χ1v) is 6.12. The number of ether oxygens (including phenoxy) is 1. The Morgan fingerprint density at radius 2 is 1.89 bits per heavy atom. The second-order valence-corrected chi connectivity index (χ2v) is 4.64. The van der Waals surface area contributed by atoms with Gasteiger partial charge in [0, 0.05) is 11.8 Å². The molecule has 0 radical (unpaired) electrons.